The Hall–Kier alpha value is -4.16. The zero-order valence-electron chi connectivity index (χ0n) is 22.5. The zero-order chi connectivity index (χ0) is 27.1. The van der Waals surface area contributed by atoms with E-state index < -0.39 is 7.14 Å². The second-order valence-corrected chi connectivity index (χ2v) is 12.3. The highest BCUT2D eigenvalue weighted by Crippen LogP contribution is 2.52. The second kappa shape index (κ2) is 12.1. The van der Waals surface area contributed by atoms with E-state index in [1.54, 1.807) is 0 Å². The molecule has 0 atom stereocenters. The van der Waals surface area contributed by atoms with Gasteiger partial charge in [0.15, 0.2) is 7.14 Å². The Morgan fingerprint density at radius 1 is 0.692 bits per heavy atom. The largest absolute Gasteiger partial charge is 0.308 e. The molecule has 0 fully saturated rings. The average molecular weight is 529 g/mol. The lowest BCUT2D eigenvalue weighted by molar-refractivity contribution is 0.586. The van der Waals surface area contributed by atoms with Crippen molar-refractivity contribution in [1.29, 1.82) is 0 Å². The predicted molar refractivity (Wildman–Crippen MR) is 164 cm³/mol. The van der Waals surface area contributed by atoms with E-state index in [1.165, 1.54) is 0 Å². The van der Waals surface area contributed by atoms with Gasteiger partial charge in [0.05, 0.1) is 23.2 Å². The molecule has 0 aliphatic carbocycles. The highest BCUT2D eigenvalue weighted by molar-refractivity contribution is 7.82. The quantitative estimate of drug-likeness (QED) is 0.142. The summed E-state index contributed by atoms with van der Waals surface area (Å²) in [5.41, 5.74) is 8.81. The molecule has 5 rings (SSSR count). The number of hydrogen-bond donors (Lipinski definition) is 0. The van der Waals surface area contributed by atoms with Crippen LogP contribution in [0.5, 0.6) is 0 Å². The monoisotopic (exact) mass is 528 g/mol. The molecule has 0 N–H and O–H groups in total. The lowest BCUT2D eigenvalue weighted by atomic mass is 10.1. The first kappa shape index (κ1) is 26.4. The standard InChI is InChI=1S/C35H33N2OP/c1-3-28(4-2)25-33(39(38,31-21-13-7-14-22-31)32-23-15-8-16-24-32)27-37-35(30-19-11-6-12-20-30)26-34(36-37)29-17-9-5-10-18-29/h5-24,26H,3-4,27H2,1-2H3. The van der Waals surface area contributed by atoms with Crippen LogP contribution in [0.15, 0.2) is 144 Å². The predicted octanol–water partition coefficient (Wildman–Crippen LogP) is 8.46. The minimum Gasteiger partial charge on any atom is -0.308 e. The van der Waals surface area contributed by atoms with Crippen LogP contribution >= 0.6 is 7.14 Å². The first-order chi connectivity index (χ1) is 19.1. The van der Waals surface area contributed by atoms with Gasteiger partial charge in [-0.15, -0.1) is 5.73 Å². The van der Waals surface area contributed by atoms with E-state index >= 15 is 4.57 Å². The first-order valence-corrected chi connectivity index (χ1v) is 15.2. The smallest absolute Gasteiger partial charge is 0.176 e. The van der Waals surface area contributed by atoms with Gasteiger partial charge in [-0.3, -0.25) is 4.68 Å². The molecule has 1 aromatic heterocycles. The van der Waals surface area contributed by atoms with Gasteiger partial charge >= 0.3 is 0 Å². The molecule has 4 heteroatoms. The number of nitrogens with zero attached hydrogens (tertiary/aromatic N) is 2. The molecule has 0 spiro atoms. The van der Waals surface area contributed by atoms with Gasteiger partial charge in [-0.1, -0.05) is 135 Å². The van der Waals surface area contributed by atoms with Crippen molar-refractivity contribution < 1.29 is 4.57 Å². The molecule has 0 saturated heterocycles. The number of benzene rings is 4. The summed E-state index contributed by atoms with van der Waals surface area (Å²) in [6.07, 6.45) is 1.70. The summed E-state index contributed by atoms with van der Waals surface area (Å²) in [7, 11) is -3.23. The normalized spacial score (nSPS) is 11.1. The third-order valence-corrected chi connectivity index (χ3v) is 10.1. The average Bonchev–Trinajstić information content (AvgIpc) is 3.44. The summed E-state index contributed by atoms with van der Waals surface area (Å²) in [4.78, 5) is 0. The van der Waals surface area contributed by atoms with Crippen LogP contribution < -0.4 is 10.6 Å². The summed E-state index contributed by atoms with van der Waals surface area (Å²) in [6.45, 7) is 4.63. The molecule has 3 nitrogen and oxygen atoms in total. The van der Waals surface area contributed by atoms with E-state index in [9.17, 15) is 0 Å². The Morgan fingerprint density at radius 2 is 1.15 bits per heavy atom. The molecular weight excluding hydrogens is 495 g/mol. The molecule has 5 aromatic rings. The first-order valence-electron chi connectivity index (χ1n) is 13.5. The third-order valence-electron chi connectivity index (χ3n) is 7.01. The molecular formula is C35H33N2OP. The molecule has 0 bridgehead atoms. The van der Waals surface area contributed by atoms with Gasteiger partial charge in [-0.25, -0.2) is 0 Å². The summed E-state index contributed by atoms with van der Waals surface area (Å²) in [5, 5.41) is 7.46. The van der Waals surface area contributed by atoms with Gasteiger partial charge in [-0.2, -0.15) is 5.10 Å². The SMILES string of the molecule is CCC(=C=C(Cn1nc(-c2ccccc2)cc1-c1ccccc1)P(=O)(c1ccccc1)c1ccccc1)CC. The van der Waals surface area contributed by atoms with Crippen LogP contribution in [-0.2, 0) is 11.1 Å². The minimum atomic E-state index is -3.23. The topological polar surface area (TPSA) is 34.9 Å². The van der Waals surface area contributed by atoms with Crippen LogP contribution in [0.2, 0.25) is 0 Å². The molecule has 0 amide bonds. The Morgan fingerprint density at radius 3 is 1.64 bits per heavy atom. The molecule has 0 unspecified atom stereocenters. The van der Waals surface area contributed by atoms with Gasteiger partial charge in [0.1, 0.15) is 0 Å². The van der Waals surface area contributed by atoms with Crippen LogP contribution in [-0.4, -0.2) is 9.78 Å². The van der Waals surface area contributed by atoms with Crippen LogP contribution in [0.4, 0.5) is 0 Å². The van der Waals surface area contributed by atoms with Crippen molar-refractivity contribution in [2.45, 2.75) is 33.2 Å². The summed E-state index contributed by atoms with van der Waals surface area (Å²) in [5.74, 6) is 0. The fraction of sp³-hybridized carbons (Fsp3) is 0.143. The molecule has 0 saturated carbocycles. The maximum absolute atomic E-state index is 15.5. The maximum atomic E-state index is 15.5. The highest BCUT2D eigenvalue weighted by atomic mass is 31.2. The molecule has 39 heavy (non-hydrogen) atoms. The Kier molecular flexibility index (Phi) is 8.23. The van der Waals surface area contributed by atoms with Crippen molar-refractivity contribution >= 4 is 17.8 Å². The molecule has 0 aliphatic rings. The van der Waals surface area contributed by atoms with Gasteiger partial charge in [-0.05, 0) is 30.0 Å². The fourth-order valence-corrected chi connectivity index (χ4v) is 7.61. The lowest BCUT2D eigenvalue weighted by Gasteiger charge is -2.22. The van der Waals surface area contributed by atoms with E-state index in [0.29, 0.717) is 6.54 Å². The van der Waals surface area contributed by atoms with E-state index in [-0.39, 0.29) is 0 Å². The zero-order valence-corrected chi connectivity index (χ0v) is 23.4. The van der Waals surface area contributed by atoms with E-state index in [0.717, 1.165) is 56.9 Å². The van der Waals surface area contributed by atoms with Crippen LogP contribution in [0.1, 0.15) is 26.7 Å². The fourth-order valence-electron chi connectivity index (χ4n) is 4.86. The maximum Gasteiger partial charge on any atom is 0.176 e. The number of aromatic nitrogens is 2. The Balaban J connectivity index is 1.76. The van der Waals surface area contributed by atoms with Crippen molar-refractivity contribution in [3.05, 3.63) is 144 Å². The van der Waals surface area contributed by atoms with E-state index in [4.69, 9.17) is 5.10 Å². The Labute approximate surface area is 231 Å². The number of hydrogen-bond acceptors (Lipinski definition) is 2. The van der Waals surface area contributed by atoms with Crippen molar-refractivity contribution in [1.82, 2.24) is 9.78 Å². The van der Waals surface area contributed by atoms with Crippen molar-refractivity contribution in [3.63, 3.8) is 0 Å². The summed E-state index contributed by atoms with van der Waals surface area (Å²) in [6, 6.07) is 42.3. The second-order valence-electron chi connectivity index (χ2n) is 9.47. The number of allylic oxidation sites excluding steroid dienone is 1. The van der Waals surface area contributed by atoms with Crippen LogP contribution in [0.25, 0.3) is 22.5 Å². The van der Waals surface area contributed by atoms with Crippen molar-refractivity contribution in [2.24, 2.45) is 0 Å². The van der Waals surface area contributed by atoms with Crippen LogP contribution in [0, 0.1) is 0 Å². The summed E-state index contributed by atoms with van der Waals surface area (Å²) < 4.78 is 17.5. The van der Waals surface area contributed by atoms with Gasteiger partial charge in [0, 0.05) is 16.2 Å². The van der Waals surface area contributed by atoms with E-state index in [1.807, 2.05) is 102 Å². The van der Waals surface area contributed by atoms with Gasteiger partial charge in [0.25, 0.3) is 0 Å². The highest BCUT2D eigenvalue weighted by Gasteiger charge is 2.33. The third kappa shape index (κ3) is 5.66. The van der Waals surface area contributed by atoms with Gasteiger partial charge in [0.2, 0.25) is 0 Å². The lowest BCUT2D eigenvalue weighted by Crippen LogP contribution is -2.20. The molecule has 1 heterocycles. The van der Waals surface area contributed by atoms with E-state index in [2.05, 4.69) is 49.9 Å². The number of rotatable bonds is 9. The van der Waals surface area contributed by atoms with Crippen LogP contribution in [0.3, 0.4) is 0 Å². The summed E-state index contributed by atoms with van der Waals surface area (Å²) >= 11 is 0. The molecule has 0 aliphatic heterocycles. The van der Waals surface area contributed by atoms with Crippen molar-refractivity contribution in [3.8, 4) is 22.5 Å². The molecule has 0 radical (unpaired) electrons. The minimum absolute atomic E-state index is 0.363. The van der Waals surface area contributed by atoms with Crippen molar-refractivity contribution in [2.75, 3.05) is 0 Å². The molecule has 4 aromatic carbocycles. The molecule has 194 valence electrons. The van der Waals surface area contributed by atoms with Gasteiger partial charge < -0.3 is 4.57 Å². The Bertz CT molecular complexity index is 1580.